The van der Waals surface area contributed by atoms with Crippen molar-refractivity contribution in [1.29, 1.82) is 0 Å². The maximum atomic E-state index is 13.6. The Balaban J connectivity index is 1.83. The molecule has 6 heteroatoms. The molecular formula is C18H21F2N3O. The van der Waals surface area contributed by atoms with E-state index in [0.717, 1.165) is 23.4 Å². The summed E-state index contributed by atoms with van der Waals surface area (Å²) in [6.45, 7) is 1.02. The number of benzene rings is 2. The number of halogens is 2. The minimum Gasteiger partial charge on any atom is -0.497 e. The highest BCUT2D eigenvalue weighted by atomic mass is 19.1. The molecule has 0 saturated carbocycles. The highest BCUT2D eigenvalue weighted by molar-refractivity contribution is 5.79. The van der Waals surface area contributed by atoms with Gasteiger partial charge in [0.2, 0.25) is 0 Å². The summed E-state index contributed by atoms with van der Waals surface area (Å²) in [6.07, 6.45) is 0.365. The number of ether oxygens (including phenoxy) is 1. The SMILES string of the molecule is CN=C(NCCc1cc(F)ccc1F)NCc1cccc(OC)c1. The fraction of sp³-hybridized carbons (Fsp3) is 0.278. The molecule has 0 aromatic heterocycles. The van der Waals surface area contributed by atoms with Crippen LogP contribution < -0.4 is 15.4 Å². The summed E-state index contributed by atoms with van der Waals surface area (Å²) >= 11 is 0. The van der Waals surface area contributed by atoms with Gasteiger partial charge in [0, 0.05) is 20.1 Å². The van der Waals surface area contributed by atoms with Gasteiger partial charge in [-0.3, -0.25) is 4.99 Å². The number of nitrogens with zero attached hydrogens (tertiary/aromatic N) is 1. The summed E-state index contributed by atoms with van der Waals surface area (Å²) in [6, 6.07) is 11.2. The number of hydrogen-bond donors (Lipinski definition) is 2. The van der Waals surface area contributed by atoms with Gasteiger partial charge in [0.05, 0.1) is 7.11 Å². The van der Waals surface area contributed by atoms with Gasteiger partial charge in [-0.15, -0.1) is 0 Å². The molecule has 0 radical (unpaired) electrons. The lowest BCUT2D eigenvalue weighted by molar-refractivity contribution is 0.414. The minimum atomic E-state index is -0.438. The Kier molecular flexibility index (Phi) is 6.54. The molecule has 0 atom stereocenters. The van der Waals surface area contributed by atoms with Gasteiger partial charge in [-0.1, -0.05) is 12.1 Å². The fourth-order valence-corrected chi connectivity index (χ4v) is 2.24. The lowest BCUT2D eigenvalue weighted by atomic mass is 10.1. The van der Waals surface area contributed by atoms with Gasteiger partial charge < -0.3 is 15.4 Å². The summed E-state index contributed by atoms with van der Waals surface area (Å²) < 4.78 is 31.9. The smallest absolute Gasteiger partial charge is 0.191 e. The second-order valence-corrected chi connectivity index (χ2v) is 5.19. The molecule has 0 amide bonds. The molecule has 0 unspecified atom stereocenters. The Labute approximate surface area is 140 Å². The fourth-order valence-electron chi connectivity index (χ4n) is 2.24. The Morgan fingerprint density at radius 2 is 1.96 bits per heavy atom. The Bertz CT molecular complexity index is 704. The van der Waals surface area contributed by atoms with Crippen LogP contribution in [0.2, 0.25) is 0 Å². The van der Waals surface area contributed by atoms with Crippen molar-refractivity contribution in [1.82, 2.24) is 10.6 Å². The first kappa shape index (κ1) is 17.7. The maximum Gasteiger partial charge on any atom is 0.191 e. The molecule has 0 aliphatic rings. The third-order valence-corrected chi connectivity index (χ3v) is 3.51. The van der Waals surface area contributed by atoms with Gasteiger partial charge in [-0.05, 0) is 47.9 Å². The van der Waals surface area contributed by atoms with Crippen molar-refractivity contribution < 1.29 is 13.5 Å². The molecule has 0 aliphatic carbocycles. The Morgan fingerprint density at radius 1 is 1.12 bits per heavy atom. The summed E-state index contributed by atoms with van der Waals surface area (Å²) in [5.41, 5.74) is 1.39. The maximum absolute atomic E-state index is 13.6. The molecule has 128 valence electrons. The van der Waals surface area contributed by atoms with E-state index in [1.54, 1.807) is 14.2 Å². The third-order valence-electron chi connectivity index (χ3n) is 3.51. The number of hydrogen-bond acceptors (Lipinski definition) is 2. The van der Waals surface area contributed by atoms with Gasteiger partial charge >= 0.3 is 0 Å². The van der Waals surface area contributed by atoms with Crippen LogP contribution in [0, 0.1) is 11.6 Å². The second-order valence-electron chi connectivity index (χ2n) is 5.19. The van der Waals surface area contributed by atoms with Crippen LogP contribution in [0.1, 0.15) is 11.1 Å². The van der Waals surface area contributed by atoms with Gasteiger partial charge in [0.25, 0.3) is 0 Å². The average Bonchev–Trinajstić information content (AvgIpc) is 2.61. The predicted molar refractivity (Wildman–Crippen MR) is 91.3 cm³/mol. The summed E-state index contributed by atoms with van der Waals surface area (Å²) in [4.78, 5) is 4.11. The zero-order chi connectivity index (χ0) is 17.4. The lowest BCUT2D eigenvalue weighted by Crippen LogP contribution is -2.37. The number of methoxy groups -OCH3 is 1. The van der Waals surface area contributed by atoms with Crippen molar-refractivity contribution in [3.63, 3.8) is 0 Å². The lowest BCUT2D eigenvalue weighted by Gasteiger charge is -2.12. The summed E-state index contributed by atoms with van der Waals surface area (Å²) in [5, 5.41) is 6.25. The highest BCUT2D eigenvalue weighted by Gasteiger charge is 2.05. The normalized spacial score (nSPS) is 11.2. The number of nitrogens with one attached hydrogen (secondary N) is 2. The van der Waals surface area contributed by atoms with Crippen molar-refractivity contribution in [2.24, 2.45) is 4.99 Å². The van der Waals surface area contributed by atoms with Crippen molar-refractivity contribution in [3.05, 3.63) is 65.2 Å². The predicted octanol–water partition coefficient (Wildman–Crippen LogP) is 2.88. The number of guanidine groups is 1. The zero-order valence-electron chi connectivity index (χ0n) is 13.8. The molecule has 2 aromatic rings. The van der Waals surface area contributed by atoms with Gasteiger partial charge in [0.1, 0.15) is 17.4 Å². The van der Waals surface area contributed by atoms with Crippen LogP contribution in [0.15, 0.2) is 47.5 Å². The molecule has 2 aromatic carbocycles. The van der Waals surface area contributed by atoms with Crippen molar-refractivity contribution in [2.75, 3.05) is 20.7 Å². The number of aliphatic imine (C=N–C) groups is 1. The van der Waals surface area contributed by atoms with Crippen molar-refractivity contribution in [2.45, 2.75) is 13.0 Å². The van der Waals surface area contributed by atoms with Crippen LogP contribution in [0.3, 0.4) is 0 Å². The van der Waals surface area contributed by atoms with E-state index in [2.05, 4.69) is 15.6 Å². The first-order chi connectivity index (χ1) is 11.6. The van der Waals surface area contributed by atoms with Crippen molar-refractivity contribution in [3.8, 4) is 5.75 Å². The zero-order valence-corrected chi connectivity index (χ0v) is 13.8. The van der Waals surface area contributed by atoms with E-state index in [1.165, 1.54) is 6.07 Å². The van der Waals surface area contributed by atoms with Gasteiger partial charge in [0.15, 0.2) is 5.96 Å². The highest BCUT2D eigenvalue weighted by Crippen LogP contribution is 2.12. The van der Waals surface area contributed by atoms with E-state index in [4.69, 9.17) is 4.74 Å². The third kappa shape index (κ3) is 5.22. The van der Waals surface area contributed by atoms with Crippen LogP contribution in [-0.2, 0) is 13.0 Å². The Morgan fingerprint density at radius 3 is 2.71 bits per heavy atom. The van der Waals surface area contributed by atoms with E-state index in [1.807, 2.05) is 24.3 Å². The molecule has 0 aliphatic heterocycles. The monoisotopic (exact) mass is 333 g/mol. The topological polar surface area (TPSA) is 45.7 Å². The van der Waals surface area contributed by atoms with Crippen LogP contribution in [0.4, 0.5) is 8.78 Å². The largest absolute Gasteiger partial charge is 0.497 e. The van der Waals surface area contributed by atoms with E-state index in [-0.39, 0.29) is 0 Å². The van der Waals surface area contributed by atoms with Crippen molar-refractivity contribution >= 4 is 5.96 Å². The molecule has 4 nitrogen and oxygen atoms in total. The van der Waals surface area contributed by atoms with E-state index >= 15 is 0 Å². The molecular weight excluding hydrogens is 312 g/mol. The van der Waals surface area contributed by atoms with Crippen LogP contribution in [0.5, 0.6) is 5.75 Å². The molecule has 0 bridgehead atoms. The summed E-state index contributed by atoms with van der Waals surface area (Å²) in [5.74, 6) is 0.540. The van der Waals surface area contributed by atoms with E-state index in [0.29, 0.717) is 31.0 Å². The molecule has 0 fully saturated rings. The minimum absolute atomic E-state index is 0.339. The second kappa shape index (κ2) is 8.86. The molecule has 0 saturated heterocycles. The quantitative estimate of drug-likeness (QED) is 0.631. The summed E-state index contributed by atoms with van der Waals surface area (Å²) in [7, 11) is 3.28. The van der Waals surface area contributed by atoms with E-state index < -0.39 is 11.6 Å². The molecule has 0 spiro atoms. The standard InChI is InChI=1S/C18H21F2N3O/c1-21-18(23-12-13-4-3-5-16(10-13)24-2)22-9-8-14-11-15(19)6-7-17(14)20/h3-7,10-11H,8-9,12H2,1-2H3,(H2,21,22,23). The van der Waals surface area contributed by atoms with E-state index in [9.17, 15) is 8.78 Å². The van der Waals surface area contributed by atoms with Crippen LogP contribution >= 0.6 is 0 Å². The van der Waals surface area contributed by atoms with Crippen LogP contribution in [-0.4, -0.2) is 26.7 Å². The molecule has 24 heavy (non-hydrogen) atoms. The average molecular weight is 333 g/mol. The molecule has 2 rings (SSSR count). The van der Waals surface area contributed by atoms with Gasteiger partial charge in [-0.25, -0.2) is 8.78 Å². The van der Waals surface area contributed by atoms with Crippen LogP contribution in [0.25, 0.3) is 0 Å². The first-order valence-electron chi connectivity index (χ1n) is 7.63. The molecule has 0 heterocycles. The Hall–Kier alpha value is -2.63. The first-order valence-corrected chi connectivity index (χ1v) is 7.63. The number of rotatable bonds is 6. The van der Waals surface area contributed by atoms with Gasteiger partial charge in [-0.2, -0.15) is 0 Å². The molecule has 2 N–H and O–H groups in total.